The number of hydrogen-bond donors (Lipinski definition) is 0. The number of ether oxygens (including phenoxy) is 1. The van der Waals surface area contributed by atoms with Gasteiger partial charge in [-0.05, 0) is 30.5 Å². The zero-order valence-corrected chi connectivity index (χ0v) is 12.0. The lowest BCUT2D eigenvalue weighted by Crippen LogP contribution is -2.35. The van der Waals surface area contributed by atoms with E-state index in [1.807, 2.05) is 48.5 Å². The Morgan fingerprint density at radius 1 is 1.05 bits per heavy atom. The van der Waals surface area contributed by atoms with E-state index < -0.39 is 5.41 Å². The molecule has 3 heteroatoms. The number of aromatic nitrogens is 1. The van der Waals surface area contributed by atoms with Crippen LogP contribution in [0.1, 0.15) is 36.9 Å². The van der Waals surface area contributed by atoms with Crippen LogP contribution >= 0.6 is 0 Å². The second kappa shape index (κ2) is 6.08. The third kappa shape index (κ3) is 2.82. The molecule has 1 aromatic carbocycles. The van der Waals surface area contributed by atoms with Crippen LogP contribution in [0.3, 0.4) is 0 Å². The van der Waals surface area contributed by atoms with Crippen LogP contribution in [0, 0.1) is 0 Å². The molecule has 0 atom stereocenters. The van der Waals surface area contributed by atoms with E-state index in [9.17, 15) is 4.79 Å². The molecule has 2 aromatic rings. The van der Waals surface area contributed by atoms with Gasteiger partial charge in [-0.1, -0.05) is 49.2 Å². The Morgan fingerprint density at radius 3 is 2.43 bits per heavy atom. The average Bonchev–Trinajstić information content (AvgIpc) is 3.05. The van der Waals surface area contributed by atoms with Crippen molar-refractivity contribution in [2.45, 2.75) is 37.7 Å². The van der Waals surface area contributed by atoms with Crippen LogP contribution < -0.4 is 0 Å². The van der Waals surface area contributed by atoms with Gasteiger partial charge in [-0.15, -0.1) is 0 Å². The summed E-state index contributed by atoms with van der Waals surface area (Å²) in [6.45, 7) is 0.328. The molecule has 0 unspecified atom stereocenters. The van der Waals surface area contributed by atoms with Gasteiger partial charge in [0.05, 0.1) is 5.69 Å². The normalized spacial score (nSPS) is 16.6. The smallest absolute Gasteiger partial charge is 0.318 e. The molecule has 3 rings (SSSR count). The van der Waals surface area contributed by atoms with Crippen molar-refractivity contribution in [2.75, 3.05) is 0 Å². The number of benzene rings is 1. The van der Waals surface area contributed by atoms with Gasteiger partial charge in [0, 0.05) is 6.20 Å². The lowest BCUT2D eigenvalue weighted by molar-refractivity contribution is -0.152. The summed E-state index contributed by atoms with van der Waals surface area (Å²) in [6, 6.07) is 15.5. The van der Waals surface area contributed by atoms with E-state index in [2.05, 4.69) is 4.98 Å². The number of esters is 1. The highest BCUT2D eigenvalue weighted by Gasteiger charge is 2.45. The molecule has 1 aromatic heterocycles. The molecule has 108 valence electrons. The Balaban J connectivity index is 1.77. The second-order valence-corrected chi connectivity index (χ2v) is 5.57. The first-order chi connectivity index (χ1) is 10.3. The Kier molecular flexibility index (Phi) is 4.00. The Morgan fingerprint density at radius 2 is 1.76 bits per heavy atom. The first-order valence-electron chi connectivity index (χ1n) is 7.44. The van der Waals surface area contributed by atoms with Gasteiger partial charge in [-0.2, -0.15) is 0 Å². The summed E-state index contributed by atoms with van der Waals surface area (Å²) < 4.78 is 5.59. The first-order valence-corrected chi connectivity index (χ1v) is 7.44. The molecule has 1 aliphatic rings. The minimum Gasteiger partial charge on any atom is -0.460 e. The number of rotatable bonds is 4. The summed E-state index contributed by atoms with van der Waals surface area (Å²) in [4.78, 5) is 17.1. The molecular formula is C18H19NO2. The van der Waals surface area contributed by atoms with E-state index >= 15 is 0 Å². The molecule has 0 aliphatic heterocycles. The van der Waals surface area contributed by atoms with Gasteiger partial charge in [0.1, 0.15) is 12.0 Å². The van der Waals surface area contributed by atoms with Crippen molar-refractivity contribution < 1.29 is 9.53 Å². The summed E-state index contributed by atoms with van der Waals surface area (Å²) >= 11 is 0. The maximum atomic E-state index is 12.7. The molecule has 1 fully saturated rings. The summed E-state index contributed by atoms with van der Waals surface area (Å²) in [7, 11) is 0. The van der Waals surface area contributed by atoms with Gasteiger partial charge < -0.3 is 4.74 Å². The van der Waals surface area contributed by atoms with Crippen molar-refractivity contribution in [3.8, 4) is 0 Å². The molecule has 3 nitrogen and oxygen atoms in total. The fourth-order valence-electron chi connectivity index (χ4n) is 3.05. The van der Waals surface area contributed by atoms with Crippen LogP contribution in [0.5, 0.6) is 0 Å². The fraction of sp³-hybridized carbons (Fsp3) is 0.333. The maximum absolute atomic E-state index is 12.7. The van der Waals surface area contributed by atoms with Crippen molar-refractivity contribution in [1.29, 1.82) is 0 Å². The van der Waals surface area contributed by atoms with E-state index in [1.54, 1.807) is 6.20 Å². The van der Waals surface area contributed by atoms with Crippen LogP contribution in [0.2, 0.25) is 0 Å². The zero-order chi connectivity index (χ0) is 14.5. The van der Waals surface area contributed by atoms with Gasteiger partial charge in [-0.3, -0.25) is 9.78 Å². The molecule has 0 bridgehead atoms. The molecule has 21 heavy (non-hydrogen) atoms. The quantitative estimate of drug-likeness (QED) is 0.803. The van der Waals surface area contributed by atoms with E-state index in [0.29, 0.717) is 6.61 Å². The summed E-state index contributed by atoms with van der Waals surface area (Å²) in [5, 5.41) is 0. The minimum atomic E-state index is -0.546. The summed E-state index contributed by atoms with van der Waals surface area (Å²) in [5.74, 6) is -0.137. The third-order valence-electron chi connectivity index (χ3n) is 4.22. The van der Waals surface area contributed by atoms with E-state index in [1.165, 1.54) is 0 Å². The Bertz CT molecular complexity index is 589. The minimum absolute atomic E-state index is 0.137. The molecule has 0 N–H and O–H groups in total. The van der Waals surface area contributed by atoms with Crippen molar-refractivity contribution in [3.63, 3.8) is 0 Å². The molecule has 1 saturated carbocycles. The van der Waals surface area contributed by atoms with Crippen LogP contribution in [-0.2, 0) is 21.6 Å². The Hall–Kier alpha value is -2.16. The predicted octanol–water partition coefficient (Wildman–Crippen LogP) is 3.64. The van der Waals surface area contributed by atoms with Gasteiger partial charge in [0.15, 0.2) is 0 Å². The lowest BCUT2D eigenvalue weighted by atomic mass is 9.82. The van der Waals surface area contributed by atoms with Crippen LogP contribution in [0.4, 0.5) is 0 Å². The highest BCUT2D eigenvalue weighted by atomic mass is 16.5. The van der Waals surface area contributed by atoms with Crippen molar-refractivity contribution >= 4 is 5.97 Å². The van der Waals surface area contributed by atoms with Gasteiger partial charge >= 0.3 is 5.97 Å². The highest BCUT2D eigenvalue weighted by Crippen LogP contribution is 2.41. The number of carbonyl (C=O) groups is 1. The van der Waals surface area contributed by atoms with Crippen molar-refractivity contribution in [3.05, 3.63) is 66.0 Å². The number of nitrogens with zero attached hydrogens (tertiary/aromatic N) is 1. The molecular weight excluding hydrogens is 262 g/mol. The van der Waals surface area contributed by atoms with Crippen LogP contribution in [0.25, 0.3) is 0 Å². The summed E-state index contributed by atoms with van der Waals surface area (Å²) in [5.41, 5.74) is 1.32. The lowest BCUT2D eigenvalue weighted by Gasteiger charge is -2.26. The topological polar surface area (TPSA) is 39.2 Å². The molecule has 0 spiro atoms. The third-order valence-corrected chi connectivity index (χ3v) is 4.22. The zero-order valence-electron chi connectivity index (χ0n) is 12.0. The standard InChI is InChI=1S/C18H19NO2/c20-17(21-14-15-8-2-1-3-9-15)18(11-5-6-12-18)16-10-4-7-13-19-16/h1-4,7-10,13H,5-6,11-12,14H2. The average molecular weight is 281 g/mol. The molecule has 0 amide bonds. The molecule has 1 aliphatic carbocycles. The van der Waals surface area contributed by atoms with Crippen LogP contribution in [-0.4, -0.2) is 11.0 Å². The van der Waals surface area contributed by atoms with Gasteiger partial charge in [-0.25, -0.2) is 0 Å². The van der Waals surface area contributed by atoms with E-state index in [4.69, 9.17) is 4.74 Å². The summed E-state index contributed by atoms with van der Waals surface area (Å²) in [6.07, 6.45) is 5.52. The van der Waals surface area contributed by atoms with E-state index in [-0.39, 0.29) is 5.97 Å². The van der Waals surface area contributed by atoms with Gasteiger partial charge in [0.25, 0.3) is 0 Å². The number of hydrogen-bond acceptors (Lipinski definition) is 3. The molecule has 1 heterocycles. The van der Waals surface area contributed by atoms with Crippen LogP contribution in [0.15, 0.2) is 54.7 Å². The molecule has 0 saturated heterocycles. The van der Waals surface area contributed by atoms with E-state index in [0.717, 1.165) is 36.9 Å². The number of carbonyl (C=O) groups excluding carboxylic acids is 1. The van der Waals surface area contributed by atoms with Crippen molar-refractivity contribution in [2.24, 2.45) is 0 Å². The number of pyridine rings is 1. The van der Waals surface area contributed by atoms with Gasteiger partial charge in [0.2, 0.25) is 0 Å². The fourth-order valence-corrected chi connectivity index (χ4v) is 3.05. The maximum Gasteiger partial charge on any atom is 0.318 e. The first kappa shape index (κ1) is 13.8. The Labute approximate surface area is 125 Å². The molecule has 0 radical (unpaired) electrons. The monoisotopic (exact) mass is 281 g/mol. The largest absolute Gasteiger partial charge is 0.460 e. The van der Waals surface area contributed by atoms with Crippen molar-refractivity contribution in [1.82, 2.24) is 4.98 Å². The predicted molar refractivity (Wildman–Crippen MR) is 80.6 cm³/mol. The second-order valence-electron chi connectivity index (χ2n) is 5.57. The highest BCUT2D eigenvalue weighted by molar-refractivity contribution is 5.83. The SMILES string of the molecule is O=C(OCc1ccccc1)C1(c2ccccn2)CCCC1.